The molecule has 1 fully saturated rings. The maximum Gasteiger partial charge on any atom is 0.257 e. The summed E-state index contributed by atoms with van der Waals surface area (Å²) in [4.78, 5) is 42.0. The van der Waals surface area contributed by atoms with Gasteiger partial charge in [0, 0.05) is 17.1 Å². The van der Waals surface area contributed by atoms with Crippen LogP contribution in [0.3, 0.4) is 0 Å². The lowest BCUT2D eigenvalue weighted by atomic mass is 10.1. The van der Waals surface area contributed by atoms with Gasteiger partial charge in [-0.1, -0.05) is 17.7 Å². The number of hydrogen-bond donors (Lipinski definition) is 0. The fraction of sp³-hybridized carbons (Fsp3) is 0.160. The first kappa shape index (κ1) is 21.9. The van der Waals surface area contributed by atoms with Crippen molar-refractivity contribution in [2.75, 3.05) is 11.7 Å². The minimum Gasteiger partial charge on any atom is -0.454 e. The molecule has 7 nitrogen and oxygen atoms in total. The minimum atomic E-state index is -1.04. The summed E-state index contributed by atoms with van der Waals surface area (Å²) >= 11 is 5.96. The van der Waals surface area contributed by atoms with E-state index >= 15 is 0 Å². The van der Waals surface area contributed by atoms with Crippen molar-refractivity contribution in [2.45, 2.75) is 19.0 Å². The molecule has 5 rings (SSSR count). The number of benzene rings is 3. The van der Waals surface area contributed by atoms with Gasteiger partial charge in [-0.15, -0.1) is 0 Å². The summed E-state index contributed by atoms with van der Waals surface area (Å²) in [6, 6.07) is 15.6. The molecule has 172 valence electrons. The average molecular weight is 481 g/mol. The zero-order valence-electron chi connectivity index (χ0n) is 17.7. The van der Waals surface area contributed by atoms with Crippen molar-refractivity contribution in [2.24, 2.45) is 0 Å². The molecule has 9 heteroatoms. The summed E-state index contributed by atoms with van der Waals surface area (Å²) in [5.41, 5.74) is 1.28. The number of anilines is 1. The van der Waals surface area contributed by atoms with E-state index in [1.807, 2.05) is 0 Å². The van der Waals surface area contributed by atoms with Gasteiger partial charge in [-0.25, -0.2) is 9.29 Å². The summed E-state index contributed by atoms with van der Waals surface area (Å²) in [5.74, 6) is -0.809. The standard InChI is InChI=1S/C25H18ClFN2O5/c26-17-4-2-16(3-5-17)24(31)28(13-15-1-10-21-22(11-15)34-14-33-21)20-12-23(30)29(25(20)32)19-8-6-18(27)7-9-19/h1-11,20H,12-14H2/t20-/m1/s1. The summed E-state index contributed by atoms with van der Waals surface area (Å²) in [6.07, 6.45) is -0.194. The van der Waals surface area contributed by atoms with E-state index in [-0.39, 0.29) is 25.4 Å². The lowest BCUT2D eigenvalue weighted by Gasteiger charge is -2.28. The quantitative estimate of drug-likeness (QED) is 0.512. The van der Waals surface area contributed by atoms with E-state index in [9.17, 15) is 18.8 Å². The molecule has 1 atom stereocenters. The van der Waals surface area contributed by atoms with Gasteiger partial charge < -0.3 is 14.4 Å². The fourth-order valence-electron chi connectivity index (χ4n) is 4.04. The number of hydrogen-bond acceptors (Lipinski definition) is 5. The van der Waals surface area contributed by atoms with Gasteiger partial charge in [0.25, 0.3) is 11.8 Å². The molecule has 2 heterocycles. The molecule has 3 amide bonds. The molecule has 0 unspecified atom stereocenters. The number of halogens is 2. The highest BCUT2D eigenvalue weighted by atomic mass is 35.5. The van der Waals surface area contributed by atoms with Crippen LogP contribution in [-0.4, -0.2) is 35.5 Å². The number of carbonyl (C=O) groups is 3. The van der Waals surface area contributed by atoms with Crippen LogP contribution < -0.4 is 14.4 Å². The maximum atomic E-state index is 13.5. The number of imide groups is 1. The molecule has 0 N–H and O–H groups in total. The monoisotopic (exact) mass is 480 g/mol. The van der Waals surface area contributed by atoms with E-state index < -0.39 is 29.6 Å². The van der Waals surface area contributed by atoms with E-state index in [0.717, 1.165) is 4.90 Å². The molecular weight excluding hydrogens is 463 g/mol. The molecule has 2 aliphatic heterocycles. The van der Waals surface area contributed by atoms with Gasteiger partial charge in [-0.3, -0.25) is 14.4 Å². The van der Waals surface area contributed by atoms with Crippen LogP contribution in [0.1, 0.15) is 22.3 Å². The van der Waals surface area contributed by atoms with Crippen LogP contribution in [0.2, 0.25) is 5.02 Å². The van der Waals surface area contributed by atoms with Gasteiger partial charge in [-0.2, -0.15) is 0 Å². The number of carbonyl (C=O) groups excluding carboxylic acids is 3. The second kappa shape index (κ2) is 8.79. The van der Waals surface area contributed by atoms with Crippen LogP contribution in [0.15, 0.2) is 66.7 Å². The zero-order chi connectivity index (χ0) is 23.8. The number of fused-ring (bicyclic) bond motifs is 1. The summed E-state index contributed by atoms with van der Waals surface area (Å²) in [7, 11) is 0. The molecule has 2 aliphatic rings. The Morgan fingerprint density at radius 2 is 1.71 bits per heavy atom. The van der Waals surface area contributed by atoms with Crippen molar-refractivity contribution in [3.05, 3.63) is 88.7 Å². The van der Waals surface area contributed by atoms with Crippen LogP contribution in [-0.2, 0) is 16.1 Å². The molecule has 3 aromatic rings. The van der Waals surface area contributed by atoms with Crippen LogP contribution in [0.25, 0.3) is 0 Å². The van der Waals surface area contributed by atoms with Crippen molar-refractivity contribution in [1.82, 2.24) is 4.90 Å². The third-order valence-electron chi connectivity index (χ3n) is 5.73. The van der Waals surface area contributed by atoms with Crippen molar-refractivity contribution in [3.8, 4) is 11.5 Å². The summed E-state index contributed by atoms with van der Waals surface area (Å²) in [6.45, 7) is 0.160. The van der Waals surface area contributed by atoms with E-state index in [1.54, 1.807) is 42.5 Å². The third kappa shape index (κ3) is 4.08. The lowest BCUT2D eigenvalue weighted by Crippen LogP contribution is -2.45. The second-order valence-electron chi connectivity index (χ2n) is 7.89. The Kier molecular flexibility index (Phi) is 5.67. The molecule has 3 aromatic carbocycles. The van der Waals surface area contributed by atoms with Gasteiger partial charge >= 0.3 is 0 Å². The molecule has 0 radical (unpaired) electrons. The minimum absolute atomic E-state index is 0.0546. The predicted molar refractivity (Wildman–Crippen MR) is 121 cm³/mol. The van der Waals surface area contributed by atoms with Crippen LogP contribution in [0, 0.1) is 5.82 Å². The molecule has 34 heavy (non-hydrogen) atoms. The smallest absolute Gasteiger partial charge is 0.257 e. The first-order chi connectivity index (χ1) is 16.4. The molecule has 0 bridgehead atoms. The van der Waals surface area contributed by atoms with Crippen molar-refractivity contribution in [1.29, 1.82) is 0 Å². The zero-order valence-corrected chi connectivity index (χ0v) is 18.5. The van der Waals surface area contributed by atoms with Gasteiger partial charge in [0.05, 0.1) is 12.1 Å². The lowest BCUT2D eigenvalue weighted by molar-refractivity contribution is -0.122. The van der Waals surface area contributed by atoms with Crippen molar-refractivity contribution < 1.29 is 28.2 Å². The molecule has 1 saturated heterocycles. The van der Waals surface area contributed by atoms with Crippen molar-refractivity contribution >= 4 is 35.0 Å². The number of amides is 3. The van der Waals surface area contributed by atoms with E-state index in [4.69, 9.17) is 21.1 Å². The largest absolute Gasteiger partial charge is 0.454 e. The molecule has 0 aromatic heterocycles. The average Bonchev–Trinajstić information content (AvgIpc) is 3.41. The second-order valence-corrected chi connectivity index (χ2v) is 8.33. The number of nitrogens with zero attached hydrogens (tertiary/aromatic N) is 2. The van der Waals surface area contributed by atoms with Gasteiger partial charge in [0.2, 0.25) is 12.7 Å². The number of ether oxygens (including phenoxy) is 2. The Morgan fingerprint density at radius 3 is 2.44 bits per heavy atom. The van der Waals surface area contributed by atoms with Gasteiger partial charge in [-0.05, 0) is 66.2 Å². The summed E-state index contributed by atoms with van der Waals surface area (Å²) < 4.78 is 24.1. The van der Waals surface area contributed by atoms with E-state index in [1.165, 1.54) is 29.2 Å². The first-order valence-electron chi connectivity index (χ1n) is 10.5. The third-order valence-corrected chi connectivity index (χ3v) is 5.98. The highest BCUT2D eigenvalue weighted by Gasteiger charge is 2.44. The summed E-state index contributed by atoms with van der Waals surface area (Å²) in [5, 5.41) is 0.466. The Labute approximate surface area is 199 Å². The highest BCUT2D eigenvalue weighted by molar-refractivity contribution is 6.30. The van der Waals surface area contributed by atoms with Crippen LogP contribution in [0.5, 0.6) is 11.5 Å². The van der Waals surface area contributed by atoms with Gasteiger partial charge in [0.15, 0.2) is 11.5 Å². The van der Waals surface area contributed by atoms with Gasteiger partial charge in [0.1, 0.15) is 11.9 Å². The predicted octanol–water partition coefficient (Wildman–Crippen LogP) is 4.18. The highest BCUT2D eigenvalue weighted by Crippen LogP contribution is 2.34. The SMILES string of the molecule is O=C1C[C@@H](N(Cc2ccc3c(c2)OCO3)C(=O)c2ccc(Cl)cc2)C(=O)N1c1ccc(F)cc1. The normalized spacial score (nSPS) is 16.8. The molecular formula is C25H18ClFN2O5. The molecule has 0 aliphatic carbocycles. The van der Waals surface area contributed by atoms with Crippen LogP contribution >= 0.6 is 11.6 Å². The molecule has 0 spiro atoms. The maximum absolute atomic E-state index is 13.5. The van der Waals surface area contributed by atoms with Crippen molar-refractivity contribution in [3.63, 3.8) is 0 Å². The number of rotatable bonds is 5. The Bertz CT molecular complexity index is 1280. The Balaban J connectivity index is 1.49. The topological polar surface area (TPSA) is 76.1 Å². The first-order valence-corrected chi connectivity index (χ1v) is 10.9. The van der Waals surface area contributed by atoms with Crippen LogP contribution in [0.4, 0.5) is 10.1 Å². The Hall–Kier alpha value is -3.91. The van der Waals surface area contributed by atoms with E-state index in [2.05, 4.69) is 0 Å². The van der Waals surface area contributed by atoms with E-state index in [0.29, 0.717) is 27.6 Å². The fourth-order valence-corrected chi connectivity index (χ4v) is 4.16. The molecule has 0 saturated carbocycles. The Morgan fingerprint density at radius 1 is 1.00 bits per heavy atom.